The van der Waals surface area contributed by atoms with Gasteiger partial charge in [0.05, 0.1) is 12.1 Å². The SMILES string of the molecule is CCNC(=O)CN(CC)C(=O)C1(N)CCCC(C)C1. The van der Waals surface area contributed by atoms with Gasteiger partial charge in [-0.05, 0) is 32.6 Å². The molecule has 1 fully saturated rings. The van der Waals surface area contributed by atoms with E-state index in [4.69, 9.17) is 5.73 Å². The first kappa shape index (κ1) is 16.0. The number of carbonyl (C=O) groups excluding carboxylic acids is 2. The van der Waals surface area contributed by atoms with Crippen molar-refractivity contribution in [2.45, 2.75) is 52.0 Å². The van der Waals surface area contributed by atoms with Gasteiger partial charge in [0.15, 0.2) is 0 Å². The smallest absolute Gasteiger partial charge is 0.243 e. The Hall–Kier alpha value is -1.10. The summed E-state index contributed by atoms with van der Waals surface area (Å²) in [6.07, 6.45) is 3.57. The van der Waals surface area contributed by atoms with E-state index in [9.17, 15) is 9.59 Å². The number of carbonyl (C=O) groups is 2. The van der Waals surface area contributed by atoms with Crippen LogP contribution in [-0.4, -0.2) is 41.9 Å². The summed E-state index contributed by atoms with van der Waals surface area (Å²) in [6, 6.07) is 0. The molecule has 1 rings (SSSR count). The molecule has 2 amide bonds. The minimum Gasteiger partial charge on any atom is -0.355 e. The summed E-state index contributed by atoms with van der Waals surface area (Å²) in [5, 5.41) is 2.72. The Morgan fingerprint density at radius 2 is 2.11 bits per heavy atom. The number of hydrogen-bond donors (Lipinski definition) is 2. The Kier molecular flexibility index (Phi) is 5.79. The number of rotatable bonds is 5. The van der Waals surface area contributed by atoms with Crippen molar-refractivity contribution in [3.8, 4) is 0 Å². The van der Waals surface area contributed by atoms with Crippen molar-refractivity contribution < 1.29 is 9.59 Å². The lowest BCUT2D eigenvalue weighted by Gasteiger charge is -2.38. The molecule has 0 spiro atoms. The number of likely N-dealkylation sites (N-methyl/N-ethyl adjacent to an activating group) is 2. The van der Waals surface area contributed by atoms with E-state index in [1.807, 2.05) is 13.8 Å². The summed E-state index contributed by atoms with van der Waals surface area (Å²) in [7, 11) is 0. The van der Waals surface area contributed by atoms with Crippen LogP contribution in [0.1, 0.15) is 46.5 Å². The summed E-state index contributed by atoms with van der Waals surface area (Å²) < 4.78 is 0. The number of nitrogens with two attached hydrogens (primary N) is 1. The highest BCUT2D eigenvalue weighted by atomic mass is 16.2. The number of nitrogens with one attached hydrogen (secondary N) is 1. The molecule has 5 nitrogen and oxygen atoms in total. The molecule has 110 valence electrons. The van der Waals surface area contributed by atoms with Gasteiger partial charge < -0.3 is 16.0 Å². The standard InChI is InChI=1S/C14H27N3O2/c1-4-16-12(18)10-17(5-2)13(19)14(15)8-6-7-11(3)9-14/h11H,4-10,15H2,1-3H3,(H,16,18). The van der Waals surface area contributed by atoms with Crippen LogP contribution in [0.25, 0.3) is 0 Å². The van der Waals surface area contributed by atoms with Crippen LogP contribution >= 0.6 is 0 Å². The van der Waals surface area contributed by atoms with Gasteiger partial charge in [-0.15, -0.1) is 0 Å². The maximum Gasteiger partial charge on any atom is 0.243 e. The summed E-state index contributed by atoms with van der Waals surface area (Å²) in [4.78, 5) is 25.8. The highest BCUT2D eigenvalue weighted by Crippen LogP contribution is 2.31. The first-order chi connectivity index (χ1) is 8.92. The van der Waals surface area contributed by atoms with E-state index >= 15 is 0 Å². The van der Waals surface area contributed by atoms with Gasteiger partial charge in [0.25, 0.3) is 0 Å². The van der Waals surface area contributed by atoms with Gasteiger partial charge in [-0.3, -0.25) is 9.59 Å². The van der Waals surface area contributed by atoms with Gasteiger partial charge in [-0.2, -0.15) is 0 Å². The Morgan fingerprint density at radius 1 is 1.42 bits per heavy atom. The maximum absolute atomic E-state index is 12.6. The highest BCUT2D eigenvalue weighted by Gasteiger charge is 2.40. The lowest BCUT2D eigenvalue weighted by Crippen LogP contribution is -2.58. The molecule has 5 heteroatoms. The van der Waals surface area contributed by atoms with Crippen molar-refractivity contribution in [1.82, 2.24) is 10.2 Å². The van der Waals surface area contributed by atoms with Crippen molar-refractivity contribution in [2.75, 3.05) is 19.6 Å². The third-order valence-corrected chi connectivity index (χ3v) is 3.84. The molecule has 0 radical (unpaired) electrons. The molecular formula is C14H27N3O2. The maximum atomic E-state index is 12.6. The molecular weight excluding hydrogens is 242 g/mol. The van der Waals surface area contributed by atoms with Crippen LogP contribution in [0, 0.1) is 5.92 Å². The van der Waals surface area contributed by atoms with Gasteiger partial charge in [0.2, 0.25) is 11.8 Å². The molecule has 1 saturated carbocycles. The van der Waals surface area contributed by atoms with Crippen LogP contribution in [0.2, 0.25) is 0 Å². The van der Waals surface area contributed by atoms with Crippen molar-refractivity contribution >= 4 is 11.8 Å². The van der Waals surface area contributed by atoms with E-state index in [0.717, 1.165) is 25.7 Å². The molecule has 0 saturated heterocycles. The lowest BCUT2D eigenvalue weighted by atomic mass is 9.76. The molecule has 0 aromatic heterocycles. The fourth-order valence-electron chi connectivity index (χ4n) is 2.85. The van der Waals surface area contributed by atoms with E-state index in [1.165, 1.54) is 0 Å². The largest absolute Gasteiger partial charge is 0.355 e. The third kappa shape index (κ3) is 4.20. The minimum absolute atomic E-state index is 0.0761. The molecule has 0 heterocycles. The Balaban J connectivity index is 2.69. The summed E-state index contributed by atoms with van der Waals surface area (Å²) >= 11 is 0. The predicted octanol–water partition coefficient (Wildman–Crippen LogP) is 0.879. The Morgan fingerprint density at radius 3 is 2.63 bits per heavy atom. The molecule has 1 aliphatic rings. The van der Waals surface area contributed by atoms with Gasteiger partial charge in [-0.1, -0.05) is 19.8 Å². The third-order valence-electron chi connectivity index (χ3n) is 3.84. The second-order valence-electron chi connectivity index (χ2n) is 5.63. The average Bonchev–Trinajstić information content (AvgIpc) is 2.35. The van der Waals surface area contributed by atoms with E-state index < -0.39 is 5.54 Å². The Bertz CT molecular complexity index is 333. The van der Waals surface area contributed by atoms with Crippen molar-refractivity contribution in [2.24, 2.45) is 11.7 Å². The average molecular weight is 269 g/mol. The number of amides is 2. The zero-order valence-corrected chi connectivity index (χ0v) is 12.4. The molecule has 2 atom stereocenters. The van der Waals surface area contributed by atoms with Gasteiger partial charge in [0, 0.05) is 13.1 Å². The fourth-order valence-corrected chi connectivity index (χ4v) is 2.85. The normalized spacial score (nSPS) is 26.8. The van der Waals surface area contributed by atoms with Crippen LogP contribution in [-0.2, 0) is 9.59 Å². The zero-order valence-electron chi connectivity index (χ0n) is 12.4. The molecule has 3 N–H and O–H groups in total. The number of nitrogens with zero attached hydrogens (tertiary/aromatic N) is 1. The van der Waals surface area contributed by atoms with Crippen LogP contribution in [0.15, 0.2) is 0 Å². The lowest BCUT2D eigenvalue weighted by molar-refractivity contribution is -0.142. The fraction of sp³-hybridized carbons (Fsp3) is 0.857. The Labute approximate surface area is 115 Å². The minimum atomic E-state index is -0.778. The monoisotopic (exact) mass is 269 g/mol. The highest BCUT2D eigenvalue weighted by molar-refractivity contribution is 5.90. The molecule has 1 aliphatic carbocycles. The van der Waals surface area contributed by atoms with Crippen LogP contribution in [0.3, 0.4) is 0 Å². The zero-order chi connectivity index (χ0) is 14.5. The predicted molar refractivity (Wildman–Crippen MR) is 75.5 cm³/mol. The van der Waals surface area contributed by atoms with Gasteiger partial charge in [0.1, 0.15) is 0 Å². The quantitative estimate of drug-likeness (QED) is 0.778. The molecule has 0 aliphatic heterocycles. The first-order valence-corrected chi connectivity index (χ1v) is 7.28. The van der Waals surface area contributed by atoms with Gasteiger partial charge >= 0.3 is 0 Å². The first-order valence-electron chi connectivity index (χ1n) is 7.28. The van der Waals surface area contributed by atoms with E-state index in [-0.39, 0.29) is 18.4 Å². The second kappa shape index (κ2) is 6.89. The summed E-state index contributed by atoms with van der Waals surface area (Å²) in [5.41, 5.74) is 5.52. The van der Waals surface area contributed by atoms with Crippen LogP contribution in [0.5, 0.6) is 0 Å². The van der Waals surface area contributed by atoms with Gasteiger partial charge in [-0.25, -0.2) is 0 Å². The molecule has 2 unspecified atom stereocenters. The van der Waals surface area contributed by atoms with E-state index in [2.05, 4.69) is 12.2 Å². The molecule has 19 heavy (non-hydrogen) atoms. The summed E-state index contributed by atoms with van der Waals surface area (Å²) in [6.45, 7) is 7.08. The van der Waals surface area contributed by atoms with Crippen LogP contribution < -0.4 is 11.1 Å². The van der Waals surface area contributed by atoms with Crippen molar-refractivity contribution in [3.63, 3.8) is 0 Å². The van der Waals surface area contributed by atoms with E-state index in [1.54, 1.807) is 4.90 Å². The topological polar surface area (TPSA) is 75.4 Å². The van der Waals surface area contributed by atoms with E-state index in [0.29, 0.717) is 19.0 Å². The molecule has 0 aromatic carbocycles. The second-order valence-corrected chi connectivity index (χ2v) is 5.63. The van der Waals surface area contributed by atoms with Crippen LogP contribution in [0.4, 0.5) is 0 Å². The summed E-state index contributed by atoms with van der Waals surface area (Å²) in [5.74, 6) is 0.281. The van der Waals surface area contributed by atoms with Crippen molar-refractivity contribution in [3.05, 3.63) is 0 Å². The molecule has 0 aromatic rings. The van der Waals surface area contributed by atoms with Crippen molar-refractivity contribution in [1.29, 1.82) is 0 Å². The molecule has 0 bridgehead atoms. The number of hydrogen-bond acceptors (Lipinski definition) is 3.